The number of nitrogens with zero attached hydrogens (tertiary/aromatic N) is 4. The van der Waals surface area contributed by atoms with Crippen LogP contribution in [0.3, 0.4) is 0 Å². The first-order valence-electron chi connectivity index (χ1n) is 9.04. The first-order valence-corrected chi connectivity index (χ1v) is 9.04. The standard InChI is InChI=1S/C18H26N4O5/c1-18(2,3)27-16(24)21-8-6-20(7-9-21)15-5-4-13(10-19-15)22-14(11-23)12-26-17(22)25/h4-5,10,14,23H,6-9,11-12H2,1-3H3. The van der Waals surface area contributed by atoms with Crippen LogP contribution in [0.4, 0.5) is 21.1 Å². The molecule has 2 amide bonds. The summed E-state index contributed by atoms with van der Waals surface area (Å²) in [6, 6.07) is 3.23. The Morgan fingerprint density at radius 2 is 2.00 bits per heavy atom. The molecule has 9 nitrogen and oxygen atoms in total. The Hall–Kier alpha value is -2.55. The molecule has 148 valence electrons. The molecule has 2 fully saturated rings. The van der Waals surface area contributed by atoms with Crippen molar-refractivity contribution < 1.29 is 24.2 Å². The number of aliphatic hydroxyl groups is 1. The monoisotopic (exact) mass is 378 g/mol. The minimum Gasteiger partial charge on any atom is -0.447 e. The summed E-state index contributed by atoms with van der Waals surface area (Å²) in [5.74, 6) is 0.774. The molecule has 27 heavy (non-hydrogen) atoms. The quantitative estimate of drug-likeness (QED) is 0.851. The lowest BCUT2D eigenvalue weighted by Crippen LogP contribution is -2.50. The molecule has 0 aromatic carbocycles. The number of aromatic nitrogens is 1. The van der Waals surface area contributed by atoms with E-state index in [2.05, 4.69) is 9.88 Å². The van der Waals surface area contributed by atoms with Crippen LogP contribution in [0.15, 0.2) is 18.3 Å². The number of amides is 2. The normalized spacial score (nSPS) is 20.7. The summed E-state index contributed by atoms with van der Waals surface area (Å²) in [5, 5.41) is 9.37. The molecular weight excluding hydrogens is 352 g/mol. The van der Waals surface area contributed by atoms with E-state index in [1.54, 1.807) is 17.2 Å². The summed E-state index contributed by atoms with van der Waals surface area (Å²) >= 11 is 0. The van der Waals surface area contributed by atoms with Crippen LogP contribution in [-0.4, -0.2) is 78.2 Å². The number of anilines is 2. The average molecular weight is 378 g/mol. The number of pyridine rings is 1. The Balaban J connectivity index is 1.59. The number of ether oxygens (including phenoxy) is 2. The fraction of sp³-hybridized carbons (Fsp3) is 0.611. The van der Waals surface area contributed by atoms with E-state index in [1.807, 2.05) is 26.8 Å². The van der Waals surface area contributed by atoms with Crippen molar-refractivity contribution in [2.75, 3.05) is 49.2 Å². The van der Waals surface area contributed by atoms with E-state index in [0.29, 0.717) is 31.9 Å². The number of hydrogen-bond donors (Lipinski definition) is 1. The summed E-state index contributed by atoms with van der Waals surface area (Å²) in [7, 11) is 0. The Kier molecular flexibility index (Phi) is 5.41. The topological polar surface area (TPSA) is 95.4 Å². The lowest BCUT2D eigenvalue weighted by atomic mass is 10.2. The molecule has 1 atom stereocenters. The second-order valence-corrected chi connectivity index (χ2v) is 7.61. The van der Waals surface area contributed by atoms with Crippen LogP contribution in [0.25, 0.3) is 0 Å². The van der Waals surface area contributed by atoms with Crippen molar-refractivity contribution in [3.05, 3.63) is 18.3 Å². The van der Waals surface area contributed by atoms with E-state index in [1.165, 1.54) is 4.90 Å². The molecule has 2 aliphatic rings. The minimum atomic E-state index is -0.505. The molecule has 0 radical (unpaired) electrons. The van der Waals surface area contributed by atoms with Crippen LogP contribution in [0, 0.1) is 0 Å². The van der Waals surface area contributed by atoms with Gasteiger partial charge >= 0.3 is 12.2 Å². The predicted molar refractivity (Wildman–Crippen MR) is 99.0 cm³/mol. The number of piperazine rings is 1. The maximum atomic E-state index is 12.1. The maximum absolute atomic E-state index is 12.1. The van der Waals surface area contributed by atoms with Gasteiger partial charge < -0.3 is 24.4 Å². The van der Waals surface area contributed by atoms with E-state index in [9.17, 15) is 14.7 Å². The molecular formula is C18H26N4O5. The average Bonchev–Trinajstić information content (AvgIpc) is 3.01. The Bertz CT molecular complexity index is 680. The molecule has 1 N–H and O–H groups in total. The SMILES string of the molecule is CC(C)(C)OC(=O)N1CCN(c2ccc(N3C(=O)OCC3CO)cn2)CC1. The van der Waals surface area contributed by atoms with E-state index in [0.717, 1.165) is 5.82 Å². The van der Waals surface area contributed by atoms with Crippen LogP contribution in [0.5, 0.6) is 0 Å². The highest BCUT2D eigenvalue weighted by Crippen LogP contribution is 2.24. The Morgan fingerprint density at radius 3 is 2.56 bits per heavy atom. The number of rotatable bonds is 3. The molecule has 3 rings (SSSR count). The molecule has 3 heterocycles. The van der Waals surface area contributed by atoms with Crippen molar-refractivity contribution in [1.29, 1.82) is 0 Å². The molecule has 1 unspecified atom stereocenters. The fourth-order valence-electron chi connectivity index (χ4n) is 3.06. The van der Waals surface area contributed by atoms with E-state index >= 15 is 0 Å². The van der Waals surface area contributed by atoms with Gasteiger partial charge in [0.25, 0.3) is 0 Å². The van der Waals surface area contributed by atoms with Crippen molar-refractivity contribution in [3.63, 3.8) is 0 Å². The van der Waals surface area contributed by atoms with Gasteiger partial charge in [-0.15, -0.1) is 0 Å². The highest BCUT2D eigenvalue weighted by Gasteiger charge is 2.34. The maximum Gasteiger partial charge on any atom is 0.414 e. The number of aliphatic hydroxyl groups excluding tert-OH is 1. The van der Waals surface area contributed by atoms with Gasteiger partial charge in [-0.05, 0) is 32.9 Å². The first-order chi connectivity index (χ1) is 12.8. The minimum absolute atomic E-state index is 0.167. The molecule has 1 aromatic heterocycles. The second kappa shape index (κ2) is 7.59. The first kappa shape index (κ1) is 19.2. The van der Waals surface area contributed by atoms with Gasteiger partial charge in [0.2, 0.25) is 0 Å². The van der Waals surface area contributed by atoms with Crippen LogP contribution >= 0.6 is 0 Å². The largest absolute Gasteiger partial charge is 0.447 e. The van der Waals surface area contributed by atoms with Crippen LogP contribution in [-0.2, 0) is 9.47 Å². The van der Waals surface area contributed by atoms with Gasteiger partial charge in [-0.3, -0.25) is 4.90 Å². The van der Waals surface area contributed by atoms with E-state index < -0.39 is 11.7 Å². The van der Waals surface area contributed by atoms with E-state index in [4.69, 9.17) is 9.47 Å². The van der Waals surface area contributed by atoms with Gasteiger partial charge in [0.15, 0.2) is 0 Å². The van der Waals surface area contributed by atoms with Gasteiger partial charge in [0.1, 0.15) is 18.0 Å². The van der Waals surface area contributed by atoms with Crippen LogP contribution in [0.2, 0.25) is 0 Å². The molecule has 0 saturated carbocycles. The third-order valence-corrected chi connectivity index (χ3v) is 4.44. The van der Waals surface area contributed by atoms with Crippen LogP contribution in [0.1, 0.15) is 20.8 Å². The van der Waals surface area contributed by atoms with Crippen molar-refractivity contribution in [1.82, 2.24) is 9.88 Å². The summed E-state index contributed by atoms with van der Waals surface area (Å²) in [6.45, 7) is 7.97. The van der Waals surface area contributed by atoms with Crippen molar-refractivity contribution >= 4 is 23.7 Å². The molecule has 2 aliphatic heterocycles. The summed E-state index contributed by atoms with van der Waals surface area (Å²) < 4.78 is 10.4. The van der Waals surface area contributed by atoms with Gasteiger partial charge in [-0.1, -0.05) is 0 Å². The Labute approximate surface area is 158 Å². The summed E-state index contributed by atoms with van der Waals surface area (Å²) in [4.78, 5) is 33.6. The molecule has 0 bridgehead atoms. The lowest BCUT2D eigenvalue weighted by Gasteiger charge is -2.36. The highest BCUT2D eigenvalue weighted by atomic mass is 16.6. The van der Waals surface area contributed by atoms with Gasteiger partial charge in [-0.25, -0.2) is 14.6 Å². The smallest absolute Gasteiger partial charge is 0.414 e. The molecule has 0 spiro atoms. The number of carbonyl (C=O) groups excluding carboxylic acids is 2. The summed E-state index contributed by atoms with van der Waals surface area (Å²) in [6.07, 6.45) is 0.827. The van der Waals surface area contributed by atoms with Gasteiger partial charge in [0.05, 0.1) is 24.5 Å². The predicted octanol–water partition coefficient (Wildman–Crippen LogP) is 1.46. The zero-order chi connectivity index (χ0) is 19.6. The number of carbonyl (C=O) groups is 2. The fourth-order valence-corrected chi connectivity index (χ4v) is 3.06. The third kappa shape index (κ3) is 4.41. The number of cyclic esters (lactones) is 1. The second-order valence-electron chi connectivity index (χ2n) is 7.61. The summed E-state index contributed by atoms with van der Waals surface area (Å²) in [5.41, 5.74) is 0.0852. The van der Waals surface area contributed by atoms with Crippen molar-refractivity contribution in [2.24, 2.45) is 0 Å². The third-order valence-electron chi connectivity index (χ3n) is 4.44. The van der Waals surface area contributed by atoms with Gasteiger partial charge in [-0.2, -0.15) is 0 Å². The van der Waals surface area contributed by atoms with Crippen molar-refractivity contribution in [3.8, 4) is 0 Å². The van der Waals surface area contributed by atoms with Crippen LogP contribution < -0.4 is 9.80 Å². The molecule has 2 saturated heterocycles. The highest BCUT2D eigenvalue weighted by molar-refractivity contribution is 5.90. The van der Waals surface area contributed by atoms with Gasteiger partial charge in [0, 0.05) is 26.2 Å². The zero-order valence-electron chi connectivity index (χ0n) is 15.9. The molecule has 1 aromatic rings. The van der Waals surface area contributed by atoms with Crippen molar-refractivity contribution in [2.45, 2.75) is 32.4 Å². The lowest BCUT2D eigenvalue weighted by molar-refractivity contribution is 0.0240. The Morgan fingerprint density at radius 1 is 1.30 bits per heavy atom. The van der Waals surface area contributed by atoms with E-state index in [-0.39, 0.29) is 25.3 Å². The molecule has 9 heteroatoms. The zero-order valence-corrected chi connectivity index (χ0v) is 15.9. The molecule has 0 aliphatic carbocycles. The number of hydrogen-bond acceptors (Lipinski definition) is 7.